The molecule has 0 aliphatic heterocycles. The Morgan fingerprint density at radius 1 is 0.821 bits per heavy atom. The summed E-state index contributed by atoms with van der Waals surface area (Å²) in [7, 11) is 0. The maximum absolute atomic E-state index is 13.2. The van der Waals surface area contributed by atoms with Crippen LogP contribution in [0, 0.1) is 6.92 Å². The van der Waals surface area contributed by atoms with Gasteiger partial charge in [-0.15, -0.1) is 0 Å². The maximum Gasteiger partial charge on any atom is 0.240 e. The SMILES string of the molecule is Cc1ccccc1C[C@H](NC(=O)C(c1ccccc1)c1ccccc1)C(N)=O. The fourth-order valence-electron chi connectivity index (χ4n) is 3.32. The highest BCUT2D eigenvalue weighted by Gasteiger charge is 2.27. The molecule has 4 heteroatoms. The van der Waals surface area contributed by atoms with Gasteiger partial charge in [0.2, 0.25) is 11.8 Å². The Hall–Kier alpha value is -3.40. The second-order valence-corrected chi connectivity index (χ2v) is 6.85. The van der Waals surface area contributed by atoms with Gasteiger partial charge in [-0.1, -0.05) is 84.9 Å². The van der Waals surface area contributed by atoms with Crippen molar-refractivity contribution in [3.8, 4) is 0 Å². The quantitative estimate of drug-likeness (QED) is 0.668. The molecule has 142 valence electrons. The summed E-state index contributed by atoms with van der Waals surface area (Å²) in [5.74, 6) is -1.30. The average Bonchev–Trinajstić information content (AvgIpc) is 2.71. The zero-order valence-corrected chi connectivity index (χ0v) is 15.8. The third-order valence-corrected chi connectivity index (χ3v) is 4.87. The lowest BCUT2D eigenvalue weighted by molar-refractivity contribution is -0.127. The molecule has 0 aliphatic carbocycles. The fraction of sp³-hybridized carbons (Fsp3) is 0.167. The van der Waals surface area contributed by atoms with Crippen LogP contribution in [0.25, 0.3) is 0 Å². The molecule has 0 bridgehead atoms. The van der Waals surface area contributed by atoms with Gasteiger partial charge in [-0.2, -0.15) is 0 Å². The molecule has 0 aromatic heterocycles. The molecule has 3 aromatic rings. The normalized spacial score (nSPS) is 11.8. The first-order valence-electron chi connectivity index (χ1n) is 9.30. The number of rotatable bonds is 7. The zero-order chi connectivity index (χ0) is 19.9. The van der Waals surface area contributed by atoms with Crippen molar-refractivity contribution < 1.29 is 9.59 Å². The standard InChI is InChI=1S/C24H24N2O2/c1-17-10-8-9-15-20(17)16-21(23(25)27)26-24(28)22(18-11-4-2-5-12-18)19-13-6-3-7-14-19/h2-15,21-22H,16H2,1H3,(H2,25,27)(H,26,28)/t21-/m0/s1. The molecule has 3 aromatic carbocycles. The van der Waals surface area contributed by atoms with Gasteiger partial charge in [0.15, 0.2) is 0 Å². The lowest BCUT2D eigenvalue weighted by Crippen LogP contribution is -2.47. The van der Waals surface area contributed by atoms with Crippen molar-refractivity contribution in [2.45, 2.75) is 25.3 Å². The molecular weight excluding hydrogens is 348 g/mol. The Balaban J connectivity index is 1.87. The molecule has 4 nitrogen and oxygen atoms in total. The number of nitrogens with one attached hydrogen (secondary N) is 1. The van der Waals surface area contributed by atoms with E-state index in [2.05, 4.69) is 5.32 Å². The van der Waals surface area contributed by atoms with E-state index in [9.17, 15) is 9.59 Å². The van der Waals surface area contributed by atoms with Crippen LogP contribution in [0.5, 0.6) is 0 Å². The minimum atomic E-state index is -0.775. The molecule has 2 amide bonds. The van der Waals surface area contributed by atoms with Crippen molar-refractivity contribution in [1.29, 1.82) is 0 Å². The first-order valence-corrected chi connectivity index (χ1v) is 9.30. The first kappa shape index (κ1) is 19.4. The third-order valence-electron chi connectivity index (χ3n) is 4.87. The Morgan fingerprint density at radius 2 is 1.32 bits per heavy atom. The molecule has 0 radical (unpaired) electrons. The van der Waals surface area contributed by atoms with Gasteiger partial charge >= 0.3 is 0 Å². The summed E-state index contributed by atoms with van der Waals surface area (Å²) >= 11 is 0. The van der Waals surface area contributed by atoms with E-state index in [1.165, 1.54) is 0 Å². The van der Waals surface area contributed by atoms with Crippen molar-refractivity contribution in [3.63, 3.8) is 0 Å². The number of carbonyl (C=O) groups excluding carboxylic acids is 2. The molecule has 0 aliphatic rings. The number of nitrogens with two attached hydrogens (primary N) is 1. The summed E-state index contributed by atoms with van der Waals surface area (Å²) in [6.45, 7) is 1.98. The number of hydrogen-bond acceptors (Lipinski definition) is 2. The van der Waals surface area contributed by atoms with Crippen molar-refractivity contribution in [1.82, 2.24) is 5.32 Å². The average molecular weight is 372 g/mol. The monoisotopic (exact) mass is 372 g/mol. The smallest absolute Gasteiger partial charge is 0.240 e. The lowest BCUT2D eigenvalue weighted by Gasteiger charge is -2.22. The van der Waals surface area contributed by atoms with Crippen LogP contribution in [0.1, 0.15) is 28.2 Å². The number of carbonyl (C=O) groups is 2. The van der Waals surface area contributed by atoms with Crippen LogP contribution in [0.3, 0.4) is 0 Å². The molecule has 0 heterocycles. The van der Waals surface area contributed by atoms with Crippen molar-refractivity contribution in [2.75, 3.05) is 0 Å². The van der Waals surface area contributed by atoms with Crippen LogP contribution in [0.15, 0.2) is 84.9 Å². The van der Waals surface area contributed by atoms with Gasteiger partial charge in [-0.25, -0.2) is 0 Å². The summed E-state index contributed by atoms with van der Waals surface area (Å²) < 4.78 is 0. The van der Waals surface area contributed by atoms with Gasteiger partial charge in [0.1, 0.15) is 6.04 Å². The Morgan fingerprint density at radius 3 is 1.82 bits per heavy atom. The maximum atomic E-state index is 13.2. The topological polar surface area (TPSA) is 72.2 Å². The summed E-state index contributed by atoms with van der Waals surface area (Å²) in [6.07, 6.45) is 0.365. The van der Waals surface area contributed by atoms with Crippen LogP contribution in [-0.2, 0) is 16.0 Å². The highest BCUT2D eigenvalue weighted by molar-refractivity contribution is 5.92. The van der Waals surface area contributed by atoms with Gasteiger partial charge in [0.05, 0.1) is 5.92 Å². The molecule has 3 N–H and O–H groups in total. The fourth-order valence-corrected chi connectivity index (χ4v) is 3.32. The van der Waals surface area contributed by atoms with Crippen LogP contribution >= 0.6 is 0 Å². The summed E-state index contributed by atoms with van der Waals surface area (Å²) in [6, 6.07) is 26.1. The number of amides is 2. The van der Waals surface area contributed by atoms with Gasteiger partial charge < -0.3 is 11.1 Å². The van der Waals surface area contributed by atoms with Crippen LogP contribution in [-0.4, -0.2) is 17.9 Å². The molecule has 1 atom stereocenters. The van der Waals surface area contributed by atoms with E-state index < -0.39 is 17.9 Å². The molecule has 28 heavy (non-hydrogen) atoms. The summed E-state index contributed by atoms with van der Waals surface area (Å²) in [4.78, 5) is 25.3. The van der Waals surface area contributed by atoms with Gasteiger partial charge in [-0.3, -0.25) is 9.59 Å². The van der Waals surface area contributed by atoms with E-state index in [-0.39, 0.29) is 5.91 Å². The highest BCUT2D eigenvalue weighted by atomic mass is 16.2. The molecule has 0 fully saturated rings. The molecule has 0 unspecified atom stereocenters. The van der Waals surface area contributed by atoms with Crippen LogP contribution < -0.4 is 11.1 Å². The van der Waals surface area contributed by atoms with E-state index in [0.717, 1.165) is 22.3 Å². The van der Waals surface area contributed by atoms with Crippen molar-refractivity contribution >= 4 is 11.8 Å². The van der Waals surface area contributed by atoms with E-state index in [1.54, 1.807) is 0 Å². The second kappa shape index (κ2) is 9.00. The van der Waals surface area contributed by atoms with Gasteiger partial charge in [0, 0.05) is 6.42 Å². The number of hydrogen-bond donors (Lipinski definition) is 2. The van der Waals surface area contributed by atoms with Gasteiger partial charge in [-0.05, 0) is 29.2 Å². The molecule has 3 rings (SSSR count). The molecular formula is C24H24N2O2. The largest absolute Gasteiger partial charge is 0.368 e. The Bertz CT molecular complexity index is 900. The number of primary amides is 1. The van der Waals surface area contributed by atoms with E-state index in [4.69, 9.17) is 5.73 Å². The zero-order valence-electron chi connectivity index (χ0n) is 15.8. The summed E-state index contributed by atoms with van der Waals surface area (Å²) in [5.41, 5.74) is 9.39. The third kappa shape index (κ3) is 4.65. The molecule has 0 spiro atoms. The van der Waals surface area contributed by atoms with E-state index in [1.807, 2.05) is 91.9 Å². The highest BCUT2D eigenvalue weighted by Crippen LogP contribution is 2.25. The predicted molar refractivity (Wildman–Crippen MR) is 111 cm³/mol. The van der Waals surface area contributed by atoms with Crippen LogP contribution in [0.2, 0.25) is 0 Å². The molecule has 0 saturated heterocycles. The predicted octanol–water partition coefficient (Wildman–Crippen LogP) is 3.34. The minimum absolute atomic E-state index is 0.241. The Kier molecular flexibility index (Phi) is 6.22. The molecule has 0 saturated carbocycles. The van der Waals surface area contributed by atoms with Gasteiger partial charge in [0.25, 0.3) is 0 Å². The number of aryl methyl sites for hydroxylation is 1. The minimum Gasteiger partial charge on any atom is -0.368 e. The van der Waals surface area contributed by atoms with E-state index in [0.29, 0.717) is 6.42 Å². The first-order chi connectivity index (χ1) is 13.6. The summed E-state index contributed by atoms with van der Waals surface area (Å²) in [5, 5.41) is 2.88. The van der Waals surface area contributed by atoms with Crippen molar-refractivity contribution in [3.05, 3.63) is 107 Å². The second-order valence-electron chi connectivity index (χ2n) is 6.85. The van der Waals surface area contributed by atoms with E-state index >= 15 is 0 Å². The lowest BCUT2D eigenvalue weighted by atomic mass is 9.90. The Labute approximate surface area is 165 Å². The van der Waals surface area contributed by atoms with Crippen LogP contribution in [0.4, 0.5) is 0 Å². The van der Waals surface area contributed by atoms with Crippen molar-refractivity contribution in [2.24, 2.45) is 5.73 Å². The number of benzene rings is 3.